The molecule has 0 bridgehead atoms. The van der Waals surface area contributed by atoms with Crippen molar-refractivity contribution in [3.05, 3.63) is 47.0 Å². The highest BCUT2D eigenvalue weighted by atomic mass is 14.6. The molecule has 1 unspecified atom stereocenters. The highest BCUT2D eigenvalue weighted by molar-refractivity contribution is 5.33. The van der Waals surface area contributed by atoms with Crippen molar-refractivity contribution >= 4 is 0 Å². The molecule has 2 N–H and O–H groups in total. The van der Waals surface area contributed by atoms with Crippen LogP contribution in [0.1, 0.15) is 76.5 Å². The molecule has 0 radical (unpaired) electrons. The fourth-order valence-electron chi connectivity index (χ4n) is 2.90. The highest BCUT2D eigenvalue weighted by Gasteiger charge is 2.16. The van der Waals surface area contributed by atoms with Crippen LogP contribution >= 0.6 is 0 Å². The van der Waals surface area contributed by atoms with Gasteiger partial charge in [-0.3, -0.25) is 0 Å². The molecule has 0 saturated carbocycles. The summed E-state index contributed by atoms with van der Waals surface area (Å²) in [6, 6.07) is 8.98. The molecule has 0 aliphatic heterocycles. The van der Waals surface area contributed by atoms with Crippen LogP contribution in [0.4, 0.5) is 0 Å². The molecule has 20 heavy (non-hydrogen) atoms. The standard InChI is InChI=1S/C19H29N/c1-19(2,3)17-13-11-16(12-14-17)18(20)15-9-7-5-4-6-8-10-15/h9,11-14,18H,4-8,10,20H2,1-3H3/b15-9+. The van der Waals surface area contributed by atoms with Crippen LogP contribution in [-0.2, 0) is 5.41 Å². The lowest BCUT2D eigenvalue weighted by molar-refractivity contribution is 0.588. The van der Waals surface area contributed by atoms with Gasteiger partial charge in [-0.1, -0.05) is 69.5 Å². The zero-order chi connectivity index (χ0) is 14.6. The first-order valence-corrected chi connectivity index (χ1v) is 8.03. The van der Waals surface area contributed by atoms with E-state index in [1.807, 2.05) is 0 Å². The molecule has 1 aromatic rings. The first-order valence-electron chi connectivity index (χ1n) is 8.03. The van der Waals surface area contributed by atoms with Gasteiger partial charge in [0, 0.05) is 0 Å². The number of rotatable bonds is 2. The molecule has 1 aliphatic carbocycles. The van der Waals surface area contributed by atoms with Gasteiger partial charge in [-0.05, 0) is 42.2 Å². The summed E-state index contributed by atoms with van der Waals surface area (Å²) in [6.07, 6.45) is 10.1. The second-order valence-corrected chi connectivity index (χ2v) is 7.08. The minimum absolute atomic E-state index is 0.0853. The number of benzene rings is 1. The Hall–Kier alpha value is -1.08. The molecule has 0 amide bonds. The number of hydrogen-bond acceptors (Lipinski definition) is 1. The van der Waals surface area contributed by atoms with E-state index in [9.17, 15) is 0 Å². The summed E-state index contributed by atoms with van der Waals surface area (Å²) in [7, 11) is 0. The molecular weight excluding hydrogens is 242 g/mol. The average Bonchev–Trinajstić information content (AvgIpc) is 2.37. The largest absolute Gasteiger partial charge is 0.321 e. The van der Waals surface area contributed by atoms with Gasteiger partial charge in [-0.2, -0.15) is 0 Å². The smallest absolute Gasteiger partial charge is 0.0510 e. The first kappa shape index (κ1) is 15.3. The number of allylic oxidation sites excluding steroid dienone is 1. The Labute approximate surface area is 124 Å². The minimum atomic E-state index is 0.0853. The predicted octanol–water partition coefficient (Wildman–Crippen LogP) is 5.26. The van der Waals surface area contributed by atoms with Crippen molar-refractivity contribution in [2.24, 2.45) is 5.73 Å². The van der Waals surface area contributed by atoms with Gasteiger partial charge in [0.2, 0.25) is 0 Å². The van der Waals surface area contributed by atoms with Crippen LogP contribution in [-0.4, -0.2) is 0 Å². The molecule has 0 aromatic heterocycles. The Bertz CT molecular complexity index is 448. The molecule has 110 valence electrons. The maximum Gasteiger partial charge on any atom is 0.0510 e. The predicted molar refractivity (Wildman–Crippen MR) is 87.9 cm³/mol. The van der Waals surface area contributed by atoms with Crippen molar-refractivity contribution in [3.63, 3.8) is 0 Å². The van der Waals surface area contributed by atoms with Gasteiger partial charge in [0.1, 0.15) is 0 Å². The molecule has 1 aromatic carbocycles. The van der Waals surface area contributed by atoms with Crippen LogP contribution in [0.5, 0.6) is 0 Å². The van der Waals surface area contributed by atoms with Crippen molar-refractivity contribution in [2.45, 2.75) is 70.8 Å². The summed E-state index contributed by atoms with van der Waals surface area (Å²) >= 11 is 0. The zero-order valence-corrected chi connectivity index (χ0v) is 13.3. The topological polar surface area (TPSA) is 26.0 Å². The first-order chi connectivity index (χ1) is 9.48. The fourth-order valence-corrected chi connectivity index (χ4v) is 2.90. The van der Waals surface area contributed by atoms with Gasteiger partial charge in [0.05, 0.1) is 6.04 Å². The van der Waals surface area contributed by atoms with E-state index in [1.54, 1.807) is 0 Å². The SMILES string of the molecule is CC(C)(C)c1ccc(C(N)/C2=C/CCCCCC2)cc1. The Morgan fingerprint density at radius 2 is 1.60 bits per heavy atom. The third-order valence-electron chi connectivity index (χ3n) is 4.36. The summed E-state index contributed by atoms with van der Waals surface area (Å²) in [5, 5.41) is 0. The van der Waals surface area contributed by atoms with E-state index in [2.05, 4.69) is 51.1 Å². The zero-order valence-electron chi connectivity index (χ0n) is 13.3. The minimum Gasteiger partial charge on any atom is -0.321 e. The summed E-state index contributed by atoms with van der Waals surface area (Å²) < 4.78 is 0. The fraction of sp³-hybridized carbons (Fsp3) is 0.579. The van der Waals surface area contributed by atoms with Crippen LogP contribution < -0.4 is 5.73 Å². The van der Waals surface area contributed by atoms with Crippen molar-refractivity contribution in [3.8, 4) is 0 Å². The molecule has 0 fully saturated rings. The summed E-state index contributed by atoms with van der Waals surface area (Å²) in [4.78, 5) is 0. The monoisotopic (exact) mass is 271 g/mol. The normalized spacial score (nSPS) is 21.5. The molecular formula is C19H29N. The maximum absolute atomic E-state index is 6.48. The lowest BCUT2D eigenvalue weighted by Crippen LogP contribution is -2.15. The van der Waals surface area contributed by atoms with E-state index in [4.69, 9.17) is 5.73 Å². The van der Waals surface area contributed by atoms with Crippen LogP contribution in [0, 0.1) is 0 Å². The van der Waals surface area contributed by atoms with Crippen LogP contribution in [0.15, 0.2) is 35.9 Å². The maximum atomic E-state index is 6.48. The molecule has 1 heteroatoms. The van der Waals surface area contributed by atoms with Crippen molar-refractivity contribution in [2.75, 3.05) is 0 Å². The van der Waals surface area contributed by atoms with E-state index >= 15 is 0 Å². The molecule has 1 aliphatic rings. The second-order valence-electron chi connectivity index (χ2n) is 7.08. The summed E-state index contributed by atoms with van der Waals surface area (Å²) in [5.41, 5.74) is 10.8. The Balaban J connectivity index is 2.13. The van der Waals surface area contributed by atoms with Crippen LogP contribution in [0.25, 0.3) is 0 Å². The van der Waals surface area contributed by atoms with Gasteiger partial charge in [-0.15, -0.1) is 0 Å². The van der Waals surface area contributed by atoms with Gasteiger partial charge >= 0.3 is 0 Å². The Morgan fingerprint density at radius 3 is 2.25 bits per heavy atom. The van der Waals surface area contributed by atoms with Crippen LogP contribution in [0.3, 0.4) is 0 Å². The Kier molecular flexibility index (Phi) is 5.04. The van der Waals surface area contributed by atoms with E-state index in [0.717, 1.165) is 0 Å². The van der Waals surface area contributed by atoms with Crippen molar-refractivity contribution in [1.29, 1.82) is 0 Å². The van der Waals surface area contributed by atoms with Crippen LogP contribution in [0.2, 0.25) is 0 Å². The lowest BCUT2D eigenvalue weighted by Gasteiger charge is -2.22. The lowest BCUT2D eigenvalue weighted by atomic mass is 9.85. The van der Waals surface area contributed by atoms with Gasteiger partial charge in [0.25, 0.3) is 0 Å². The van der Waals surface area contributed by atoms with E-state index in [1.165, 1.54) is 55.2 Å². The van der Waals surface area contributed by atoms with Gasteiger partial charge in [-0.25, -0.2) is 0 Å². The Morgan fingerprint density at radius 1 is 0.950 bits per heavy atom. The molecule has 0 heterocycles. The van der Waals surface area contributed by atoms with E-state index in [-0.39, 0.29) is 11.5 Å². The van der Waals surface area contributed by atoms with E-state index < -0.39 is 0 Å². The van der Waals surface area contributed by atoms with Crippen molar-refractivity contribution in [1.82, 2.24) is 0 Å². The average molecular weight is 271 g/mol. The van der Waals surface area contributed by atoms with Crippen molar-refractivity contribution < 1.29 is 0 Å². The third-order valence-corrected chi connectivity index (χ3v) is 4.36. The second kappa shape index (κ2) is 6.58. The molecule has 0 spiro atoms. The number of nitrogens with two attached hydrogens (primary N) is 1. The van der Waals surface area contributed by atoms with Gasteiger partial charge in [0.15, 0.2) is 0 Å². The molecule has 1 atom stereocenters. The molecule has 0 saturated heterocycles. The van der Waals surface area contributed by atoms with Gasteiger partial charge < -0.3 is 5.73 Å². The third kappa shape index (κ3) is 3.96. The summed E-state index contributed by atoms with van der Waals surface area (Å²) in [5.74, 6) is 0. The number of hydrogen-bond donors (Lipinski definition) is 1. The quantitative estimate of drug-likeness (QED) is 0.729. The summed E-state index contributed by atoms with van der Waals surface area (Å²) in [6.45, 7) is 6.75. The highest BCUT2D eigenvalue weighted by Crippen LogP contribution is 2.29. The molecule has 2 rings (SSSR count). The molecule has 1 nitrogen and oxygen atoms in total. The van der Waals surface area contributed by atoms with E-state index in [0.29, 0.717) is 0 Å².